The number of nitrogens with zero attached hydrogens (tertiary/aromatic N) is 1. The first-order valence-electron chi connectivity index (χ1n) is 7.41. The largest absolute Gasteiger partial charge is 0.334 e. The highest BCUT2D eigenvalue weighted by Gasteiger charge is 2.27. The fourth-order valence-electron chi connectivity index (χ4n) is 2.63. The maximum absolute atomic E-state index is 12.6. The number of halogens is 3. The molecule has 0 spiro atoms. The van der Waals surface area contributed by atoms with Crippen molar-refractivity contribution in [2.75, 3.05) is 13.1 Å². The Bertz CT molecular complexity index is 502. The molecule has 1 N–H and O–H groups in total. The van der Waals surface area contributed by atoms with Crippen molar-refractivity contribution in [1.29, 1.82) is 0 Å². The van der Waals surface area contributed by atoms with Gasteiger partial charge < -0.3 is 10.2 Å². The van der Waals surface area contributed by atoms with E-state index in [-0.39, 0.29) is 24.4 Å². The van der Waals surface area contributed by atoms with Crippen molar-refractivity contribution in [3.63, 3.8) is 0 Å². The van der Waals surface area contributed by atoms with E-state index < -0.39 is 0 Å². The molecule has 1 aromatic carbocycles. The molecule has 1 amide bonds. The molecule has 1 aliphatic rings. The molecule has 0 bridgehead atoms. The zero-order valence-corrected chi connectivity index (χ0v) is 15.3. The molecule has 1 heterocycles. The topological polar surface area (TPSA) is 32.3 Å². The smallest absolute Gasteiger partial charge is 0.223 e. The van der Waals surface area contributed by atoms with Crippen LogP contribution in [-0.4, -0.2) is 29.9 Å². The Labute approximate surface area is 148 Å². The molecule has 0 aromatic heterocycles. The third-order valence-corrected chi connectivity index (χ3v) is 4.32. The molecule has 0 saturated carbocycles. The minimum Gasteiger partial charge on any atom is -0.334 e. The van der Waals surface area contributed by atoms with Gasteiger partial charge in [-0.15, -0.1) is 12.4 Å². The highest BCUT2D eigenvalue weighted by atomic mass is 35.5. The summed E-state index contributed by atoms with van der Waals surface area (Å²) < 4.78 is 0. The monoisotopic (exact) mass is 364 g/mol. The van der Waals surface area contributed by atoms with Gasteiger partial charge >= 0.3 is 0 Å². The second kappa shape index (κ2) is 8.97. The molecule has 0 aliphatic carbocycles. The van der Waals surface area contributed by atoms with Gasteiger partial charge in [-0.05, 0) is 36.6 Å². The van der Waals surface area contributed by atoms with Crippen molar-refractivity contribution in [3.8, 4) is 0 Å². The normalized spacial score (nSPS) is 17.4. The first-order chi connectivity index (χ1) is 9.97. The molecule has 3 nitrogen and oxygen atoms in total. The van der Waals surface area contributed by atoms with Crippen LogP contribution in [0.2, 0.25) is 10.0 Å². The lowest BCUT2D eigenvalue weighted by molar-refractivity contribution is -0.134. The van der Waals surface area contributed by atoms with Gasteiger partial charge in [-0.25, -0.2) is 0 Å². The van der Waals surface area contributed by atoms with Crippen LogP contribution in [0.1, 0.15) is 32.3 Å². The Morgan fingerprint density at radius 2 is 2.14 bits per heavy atom. The van der Waals surface area contributed by atoms with Crippen LogP contribution < -0.4 is 5.32 Å². The van der Waals surface area contributed by atoms with Gasteiger partial charge in [0.2, 0.25) is 5.91 Å². The lowest BCUT2D eigenvalue weighted by Crippen LogP contribution is -2.41. The van der Waals surface area contributed by atoms with Gasteiger partial charge in [-0.2, -0.15) is 0 Å². The highest BCUT2D eigenvalue weighted by Crippen LogP contribution is 2.24. The van der Waals surface area contributed by atoms with Crippen molar-refractivity contribution in [2.24, 2.45) is 5.92 Å². The van der Waals surface area contributed by atoms with Crippen LogP contribution in [-0.2, 0) is 11.3 Å². The molecule has 22 heavy (non-hydrogen) atoms. The highest BCUT2D eigenvalue weighted by molar-refractivity contribution is 6.35. The zero-order chi connectivity index (χ0) is 15.4. The predicted octanol–water partition coefficient (Wildman–Crippen LogP) is 4.15. The Balaban J connectivity index is 0.00000242. The zero-order valence-electron chi connectivity index (χ0n) is 12.9. The number of carbonyl (C=O) groups excluding carboxylic acids is 1. The minimum atomic E-state index is 0. The van der Waals surface area contributed by atoms with E-state index in [4.69, 9.17) is 23.2 Å². The van der Waals surface area contributed by atoms with Crippen LogP contribution in [0.5, 0.6) is 0 Å². The molecule has 2 rings (SSSR count). The summed E-state index contributed by atoms with van der Waals surface area (Å²) in [5.74, 6) is 0.555. The summed E-state index contributed by atoms with van der Waals surface area (Å²) in [5, 5.41) is 4.56. The van der Waals surface area contributed by atoms with Gasteiger partial charge in [0.05, 0.1) is 0 Å². The fraction of sp³-hybridized carbons (Fsp3) is 0.562. The number of hydrogen-bond acceptors (Lipinski definition) is 2. The molecule has 1 fully saturated rings. The molecule has 1 aromatic rings. The summed E-state index contributed by atoms with van der Waals surface area (Å²) in [6.07, 6.45) is 1.57. The Hall–Kier alpha value is -0.480. The number of nitrogens with one attached hydrogen (secondary N) is 1. The van der Waals surface area contributed by atoms with E-state index in [0.717, 1.165) is 25.1 Å². The van der Waals surface area contributed by atoms with Crippen LogP contribution in [0.15, 0.2) is 18.2 Å². The van der Waals surface area contributed by atoms with E-state index in [1.54, 1.807) is 6.07 Å². The Kier molecular flexibility index (Phi) is 7.98. The van der Waals surface area contributed by atoms with Crippen molar-refractivity contribution in [2.45, 2.75) is 39.3 Å². The number of amides is 1. The van der Waals surface area contributed by atoms with Crippen molar-refractivity contribution in [3.05, 3.63) is 33.8 Å². The van der Waals surface area contributed by atoms with Crippen LogP contribution in [0.25, 0.3) is 0 Å². The summed E-state index contributed by atoms with van der Waals surface area (Å²) in [6.45, 7) is 6.50. The average molecular weight is 366 g/mol. The van der Waals surface area contributed by atoms with Crippen molar-refractivity contribution in [1.82, 2.24) is 10.2 Å². The van der Waals surface area contributed by atoms with Gasteiger partial charge in [0, 0.05) is 35.6 Å². The molecule has 124 valence electrons. The maximum atomic E-state index is 12.6. The van der Waals surface area contributed by atoms with Gasteiger partial charge in [0.1, 0.15) is 0 Å². The summed E-state index contributed by atoms with van der Waals surface area (Å²) in [4.78, 5) is 14.5. The van der Waals surface area contributed by atoms with Crippen molar-refractivity contribution >= 4 is 41.5 Å². The number of hydrogen-bond donors (Lipinski definition) is 1. The standard InChI is InChI=1S/C16H22Cl2N2O.ClH/c1-11(2)7-16(21)20(14-5-6-19-9-14)10-12-3-4-13(17)8-15(12)18;/h3-4,8,11,14,19H,5-7,9-10H2,1-2H3;1H/t14-;/m0./s1. The van der Waals surface area contributed by atoms with Crippen LogP contribution in [0, 0.1) is 5.92 Å². The predicted molar refractivity (Wildman–Crippen MR) is 95.0 cm³/mol. The molecular formula is C16H23Cl3N2O. The quantitative estimate of drug-likeness (QED) is 0.850. The Morgan fingerprint density at radius 3 is 2.68 bits per heavy atom. The minimum absolute atomic E-state index is 0. The van der Waals surface area contributed by atoms with E-state index >= 15 is 0 Å². The van der Waals surface area contributed by atoms with Gasteiger partial charge in [0.15, 0.2) is 0 Å². The molecule has 0 radical (unpaired) electrons. The van der Waals surface area contributed by atoms with Crippen molar-refractivity contribution < 1.29 is 4.79 Å². The summed E-state index contributed by atoms with van der Waals surface area (Å²) in [6, 6.07) is 5.71. The molecule has 1 atom stereocenters. The van der Waals surface area contributed by atoms with E-state index in [0.29, 0.717) is 28.9 Å². The van der Waals surface area contributed by atoms with Crippen LogP contribution >= 0.6 is 35.6 Å². The Morgan fingerprint density at radius 1 is 1.41 bits per heavy atom. The number of carbonyl (C=O) groups is 1. The number of rotatable bonds is 5. The molecule has 1 aliphatic heterocycles. The number of benzene rings is 1. The first kappa shape index (κ1) is 19.6. The summed E-state index contributed by atoms with van der Waals surface area (Å²) in [7, 11) is 0. The first-order valence-corrected chi connectivity index (χ1v) is 8.17. The average Bonchev–Trinajstić information content (AvgIpc) is 2.90. The van der Waals surface area contributed by atoms with E-state index in [1.165, 1.54) is 0 Å². The SMILES string of the molecule is CC(C)CC(=O)N(Cc1ccc(Cl)cc1Cl)[C@H]1CCNC1.Cl. The third-order valence-electron chi connectivity index (χ3n) is 3.73. The lowest BCUT2D eigenvalue weighted by atomic mass is 10.1. The maximum Gasteiger partial charge on any atom is 0.223 e. The second-order valence-electron chi connectivity index (χ2n) is 6.00. The molecule has 1 saturated heterocycles. The second-order valence-corrected chi connectivity index (χ2v) is 6.85. The van der Waals surface area contributed by atoms with Gasteiger partial charge in [-0.3, -0.25) is 4.79 Å². The summed E-state index contributed by atoms with van der Waals surface area (Å²) in [5.41, 5.74) is 0.949. The van der Waals surface area contributed by atoms with E-state index in [9.17, 15) is 4.79 Å². The van der Waals surface area contributed by atoms with Gasteiger partial charge in [0.25, 0.3) is 0 Å². The van der Waals surface area contributed by atoms with E-state index in [2.05, 4.69) is 19.2 Å². The summed E-state index contributed by atoms with van der Waals surface area (Å²) >= 11 is 12.2. The molecule has 6 heteroatoms. The van der Waals surface area contributed by atoms with Crippen LogP contribution in [0.3, 0.4) is 0 Å². The molecular weight excluding hydrogens is 343 g/mol. The fourth-order valence-corrected chi connectivity index (χ4v) is 3.09. The van der Waals surface area contributed by atoms with E-state index in [1.807, 2.05) is 17.0 Å². The van der Waals surface area contributed by atoms with Crippen LogP contribution in [0.4, 0.5) is 0 Å². The molecule has 0 unspecified atom stereocenters. The third kappa shape index (κ3) is 5.31. The lowest BCUT2D eigenvalue weighted by Gasteiger charge is -2.30. The van der Waals surface area contributed by atoms with Gasteiger partial charge in [-0.1, -0.05) is 43.1 Å².